The van der Waals surface area contributed by atoms with Crippen molar-refractivity contribution in [3.05, 3.63) is 22.4 Å². The maximum absolute atomic E-state index is 11.0. The van der Waals surface area contributed by atoms with Crippen LogP contribution in [0.4, 0.5) is 0 Å². The first-order chi connectivity index (χ1) is 7.25. The Kier molecular flexibility index (Phi) is 3.38. The van der Waals surface area contributed by atoms with Crippen LogP contribution in [0.25, 0.3) is 0 Å². The molecule has 0 bridgehead atoms. The number of carbonyl (C=O) groups is 1. The first-order valence-corrected chi connectivity index (χ1v) is 6.12. The molecule has 15 heavy (non-hydrogen) atoms. The number of aliphatic carboxylic acids is 1. The molecule has 1 aromatic heterocycles. The lowest BCUT2D eigenvalue weighted by molar-refractivity contribution is -0.141. The Hall–Kier alpha value is -0.870. The number of hydrogen-bond donors (Lipinski definition) is 2. The average Bonchev–Trinajstić information content (AvgIpc) is 2.89. The summed E-state index contributed by atoms with van der Waals surface area (Å²) < 4.78 is 0. The fraction of sp³-hybridized carbons (Fsp3) is 0.545. The van der Waals surface area contributed by atoms with Crippen LogP contribution in [0.2, 0.25) is 0 Å². The Balaban J connectivity index is 1.84. The second-order valence-electron chi connectivity index (χ2n) is 4.00. The molecule has 0 radical (unpaired) electrons. The molecule has 0 aromatic carbocycles. The molecule has 1 unspecified atom stereocenters. The number of hydrogen-bond acceptors (Lipinski definition) is 3. The highest BCUT2D eigenvalue weighted by atomic mass is 32.1. The van der Waals surface area contributed by atoms with Crippen molar-refractivity contribution in [1.29, 1.82) is 0 Å². The molecule has 0 aliphatic heterocycles. The summed E-state index contributed by atoms with van der Waals surface area (Å²) in [6.45, 7) is 0.595. The van der Waals surface area contributed by atoms with E-state index in [1.165, 1.54) is 12.8 Å². The summed E-state index contributed by atoms with van der Waals surface area (Å²) in [4.78, 5) is 12.2. The van der Waals surface area contributed by atoms with Gasteiger partial charge in [0.05, 0.1) is 5.92 Å². The van der Waals surface area contributed by atoms with Crippen molar-refractivity contribution < 1.29 is 9.90 Å². The van der Waals surface area contributed by atoms with Gasteiger partial charge < -0.3 is 10.4 Å². The first-order valence-electron chi connectivity index (χ1n) is 5.24. The van der Waals surface area contributed by atoms with Crippen LogP contribution in [-0.2, 0) is 11.2 Å². The highest BCUT2D eigenvalue weighted by Crippen LogP contribution is 2.20. The quantitative estimate of drug-likeness (QED) is 0.775. The minimum absolute atomic E-state index is 0.288. The molecule has 3 nitrogen and oxygen atoms in total. The topological polar surface area (TPSA) is 49.3 Å². The van der Waals surface area contributed by atoms with Crippen molar-refractivity contribution in [2.24, 2.45) is 5.92 Å². The fourth-order valence-electron chi connectivity index (χ4n) is 1.51. The van der Waals surface area contributed by atoms with E-state index >= 15 is 0 Å². The molecule has 4 heteroatoms. The van der Waals surface area contributed by atoms with Crippen LogP contribution in [0, 0.1) is 5.92 Å². The van der Waals surface area contributed by atoms with E-state index in [0.29, 0.717) is 19.0 Å². The van der Waals surface area contributed by atoms with Gasteiger partial charge in [0, 0.05) is 17.5 Å². The van der Waals surface area contributed by atoms with Crippen LogP contribution < -0.4 is 5.32 Å². The summed E-state index contributed by atoms with van der Waals surface area (Å²) in [5.74, 6) is -0.985. The highest BCUT2D eigenvalue weighted by molar-refractivity contribution is 7.09. The molecule has 1 aliphatic rings. The maximum Gasteiger partial charge on any atom is 0.308 e. The second-order valence-corrected chi connectivity index (χ2v) is 5.03. The van der Waals surface area contributed by atoms with Gasteiger partial charge in [0.1, 0.15) is 0 Å². The van der Waals surface area contributed by atoms with Crippen LogP contribution in [0.5, 0.6) is 0 Å². The molecule has 0 saturated heterocycles. The Bertz CT molecular complexity index is 319. The molecular formula is C11H15NO2S. The zero-order chi connectivity index (χ0) is 10.7. The summed E-state index contributed by atoms with van der Waals surface area (Å²) in [7, 11) is 0. The van der Waals surface area contributed by atoms with E-state index in [9.17, 15) is 4.79 Å². The average molecular weight is 225 g/mol. The molecule has 0 spiro atoms. The van der Waals surface area contributed by atoms with E-state index in [1.807, 2.05) is 17.5 Å². The van der Waals surface area contributed by atoms with Gasteiger partial charge in [0.25, 0.3) is 0 Å². The predicted molar refractivity (Wildman–Crippen MR) is 60.2 cm³/mol. The van der Waals surface area contributed by atoms with Gasteiger partial charge in [-0.25, -0.2) is 0 Å². The van der Waals surface area contributed by atoms with Crippen LogP contribution in [0.15, 0.2) is 17.5 Å². The van der Waals surface area contributed by atoms with Crippen LogP contribution >= 0.6 is 11.3 Å². The number of rotatable bonds is 6. The molecule has 1 fully saturated rings. The Labute approximate surface area is 93.1 Å². The van der Waals surface area contributed by atoms with E-state index in [1.54, 1.807) is 11.3 Å². The minimum atomic E-state index is -0.698. The molecule has 1 saturated carbocycles. The Morgan fingerprint density at radius 2 is 2.47 bits per heavy atom. The standard InChI is InChI=1S/C11H15NO2S/c13-11(14)8(7-12-9-3-4-9)6-10-2-1-5-15-10/h1-2,5,8-9,12H,3-4,6-7H2,(H,13,14). The predicted octanol–water partition coefficient (Wildman–Crippen LogP) is 1.74. The lowest BCUT2D eigenvalue weighted by Crippen LogP contribution is -2.31. The molecule has 2 N–H and O–H groups in total. The van der Waals surface area contributed by atoms with Gasteiger partial charge in [-0.2, -0.15) is 0 Å². The second kappa shape index (κ2) is 4.77. The molecule has 82 valence electrons. The first kappa shape index (κ1) is 10.6. The third-order valence-corrected chi connectivity index (χ3v) is 3.51. The Morgan fingerprint density at radius 3 is 3.00 bits per heavy atom. The largest absolute Gasteiger partial charge is 0.481 e. The zero-order valence-electron chi connectivity index (χ0n) is 8.48. The molecule has 0 amide bonds. The van der Waals surface area contributed by atoms with Crippen molar-refractivity contribution in [3.8, 4) is 0 Å². The monoisotopic (exact) mass is 225 g/mol. The molecule has 1 atom stereocenters. The molecule has 1 heterocycles. The summed E-state index contributed by atoms with van der Waals surface area (Å²) in [5, 5.41) is 14.3. The summed E-state index contributed by atoms with van der Waals surface area (Å²) in [5.41, 5.74) is 0. The summed E-state index contributed by atoms with van der Waals surface area (Å²) in [6.07, 6.45) is 3.05. The molecule has 1 aromatic rings. The lowest BCUT2D eigenvalue weighted by atomic mass is 10.1. The summed E-state index contributed by atoms with van der Waals surface area (Å²) >= 11 is 1.63. The zero-order valence-corrected chi connectivity index (χ0v) is 9.30. The van der Waals surface area contributed by atoms with E-state index in [2.05, 4.69) is 5.32 Å². The third kappa shape index (κ3) is 3.32. The van der Waals surface area contributed by atoms with Gasteiger partial charge in [-0.15, -0.1) is 11.3 Å². The highest BCUT2D eigenvalue weighted by Gasteiger charge is 2.24. The van der Waals surface area contributed by atoms with Crippen molar-refractivity contribution in [2.75, 3.05) is 6.54 Å². The summed E-state index contributed by atoms with van der Waals surface area (Å²) in [6, 6.07) is 4.54. The van der Waals surface area contributed by atoms with Crippen molar-refractivity contribution in [3.63, 3.8) is 0 Å². The Morgan fingerprint density at radius 1 is 1.67 bits per heavy atom. The number of thiophene rings is 1. The van der Waals surface area contributed by atoms with Gasteiger partial charge in [-0.05, 0) is 30.7 Å². The van der Waals surface area contributed by atoms with Crippen LogP contribution in [0.1, 0.15) is 17.7 Å². The van der Waals surface area contributed by atoms with Crippen LogP contribution in [0.3, 0.4) is 0 Å². The van der Waals surface area contributed by atoms with Gasteiger partial charge in [-0.1, -0.05) is 6.07 Å². The van der Waals surface area contributed by atoms with Crippen molar-refractivity contribution in [2.45, 2.75) is 25.3 Å². The van der Waals surface area contributed by atoms with E-state index in [4.69, 9.17) is 5.11 Å². The van der Waals surface area contributed by atoms with E-state index in [-0.39, 0.29) is 5.92 Å². The van der Waals surface area contributed by atoms with Crippen molar-refractivity contribution >= 4 is 17.3 Å². The third-order valence-electron chi connectivity index (χ3n) is 2.61. The lowest BCUT2D eigenvalue weighted by Gasteiger charge is -2.11. The minimum Gasteiger partial charge on any atom is -0.481 e. The van der Waals surface area contributed by atoms with E-state index in [0.717, 1.165) is 4.88 Å². The van der Waals surface area contributed by atoms with Gasteiger partial charge >= 0.3 is 5.97 Å². The van der Waals surface area contributed by atoms with Crippen LogP contribution in [-0.4, -0.2) is 23.7 Å². The van der Waals surface area contributed by atoms with Gasteiger partial charge in [0.15, 0.2) is 0 Å². The molecule has 2 rings (SSSR count). The maximum atomic E-state index is 11.0. The van der Waals surface area contributed by atoms with Gasteiger partial charge in [0.2, 0.25) is 0 Å². The van der Waals surface area contributed by atoms with E-state index < -0.39 is 5.97 Å². The molecular weight excluding hydrogens is 210 g/mol. The molecule has 1 aliphatic carbocycles. The van der Waals surface area contributed by atoms with Crippen molar-refractivity contribution in [1.82, 2.24) is 5.32 Å². The normalized spacial score (nSPS) is 17.6. The SMILES string of the molecule is O=C(O)C(CNC1CC1)Cc1cccs1. The number of carboxylic acid groups (broad SMARTS) is 1. The number of nitrogens with one attached hydrogen (secondary N) is 1. The number of carboxylic acids is 1. The smallest absolute Gasteiger partial charge is 0.308 e. The van der Waals surface area contributed by atoms with Gasteiger partial charge in [-0.3, -0.25) is 4.79 Å². The fourth-order valence-corrected chi connectivity index (χ4v) is 2.30.